The van der Waals surface area contributed by atoms with Gasteiger partial charge in [-0.1, -0.05) is 0 Å². The Hall–Kier alpha value is -1.33. The molecule has 1 aliphatic heterocycles. The standard InChI is InChI=1S/C5H8N4O2/c1-11-5(10)3-2-4-6-8-9-7-4/h4H,2-3H2,1H3. The number of carbonyl (C=O) groups excluding carboxylic acids is 1. The van der Waals surface area contributed by atoms with E-state index in [1.54, 1.807) is 0 Å². The summed E-state index contributed by atoms with van der Waals surface area (Å²) in [5.41, 5.74) is 0. The van der Waals surface area contributed by atoms with Crippen molar-refractivity contribution in [1.82, 2.24) is 0 Å². The molecule has 1 heterocycles. The maximum atomic E-state index is 10.6. The molecule has 0 aromatic heterocycles. The van der Waals surface area contributed by atoms with Gasteiger partial charge in [-0.25, -0.2) is 0 Å². The minimum atomic E-state index is -0.283. The quantitative estimate of drug-likeness (QED) is 0.573. The van der Waals surface area contributed by atoms with Crippen molar-refractivity contribution in [2.45, 2.75) is 19.0 Å². The number of hydrogen-bond acceptors (Lipinski definition) is 6. The molecule has 0 saturated carbocycles. The maximum Gasteiger partial charge on any atom is 0.305 e. The van der Waals surface area contributed by atoms with Crippen LogP contribution in [-0.2, 0) is 9.53 Å². The molecule has 0 bridgehead atoms. The minimum Gasteiger partial charge on any atom is -0.469 e. The molecule has 0 saturated heterocycles. The van der Waals surface area contributed by atoms with E-state index in [9.17, 15) is 4.79 Å². The van der Waals surface area contributed by atoms with Crippen LogP contribution in [0.15, 0.2) is 20.7 Å². The van der Waals surface area contributed by atoms with E-state index >= 15 is 0 Å². The molecule has 0 amide bonds. The first-order chi connectivity index (χ1) is 5.33. The van der Waals surface area contributed by atoms with Crippen LogP contribution in [0, 0.1) is 0 Å². The van der Waals surface area contributed by atoms with Crippen molar-refractivity contribution in [2.75, 3.05) is 7.11 Å². The molecule has 1 rings (SSSR count). The third kappa shape index (κ3) is 2.40. The van der Waals surface area contributed by atoms with Crippen LogP contribution < -0.4 is 0 Å². The molecule has 0 N–H and O–H groups in total. The first kappa shape index (κ1) is 7.77. The van der Waals surface area contributed by atoms with E-state index in [1.165, 1.54) is 7.11 Å². The van der Waals surface area contributed by atoms with Gasteiger partial charge in [-0.15, -0.1) is 10.2 Å². The SMILES string of the molecule is COC(=O)CCC1N=NN=N1. The molecule has 11 heavy (non-hydrogen) atoms. The summed E-state index contributed by atoms with van der Waals surface area (Å²) in [6.45, 7) is 0. The fraction of sp³-hybridized carbons (Fsp3) is 0.800. The number of methoxy groups -OCH3 is 1. The Labute approximate surface area is 63.3 Å². The van der Waals surface area contributed by atoms with E-state index in [2.05, 4.69) is 25.4 Å². The zero-order chi connectivity index (χ0) is 8.10. The molecule has 0 atom stereocenters. The van der Waals surface area contributed by atoms with Crippen LogP contribution in [0.5, 0.6) is 0 Å². The van der Waals surface area contributed by atoms with Gasteiger partial charge in [0.25, 0.3) is 0 Å². The van der Waals surface area contributed by atoms with E-state index < -0.39 is 0 Å². The zero-order valence-corrected chi connectivity index (χ0v) is 6.10. The van der Waals surface area contributed by atoms with Gasteiger partial charge in [-0.05, 0) is 10.4 Å². The summed E-state index contributed by atoms with van der Waals surface area (Å²) in [4.78, 5) is 10.6. The Morgan fingerprint density at radius 1 is 1.45 bits per heavy atom. The lowest BCUT2D eigenvalue weighted by Gasteiger charge is -1.98. The molecule has 0 radical (unpaired) electrons. The molecule has 0 spiro atoms. The molecule has 0 unspecified atom stereocenters. The van der Waals surface area contributed by atoms with E-state index in [-0.39, 0.29) is 12.1 Å². The monoisotopic (exact) mass is 156 g/mol. The highest BCUT2D eigenvalue weighted by Crippen LogP contribution is 2.10. The number of carbonyl (C=O) groups is 1. The van der Waals surface area contributed by atoms with E-state index in [0.717, 1.165) is 0 Å². The molecule has 60 valence electrons. The minimum absolute atomic E-state index is 0.262. The number of rotatable bonds is 3. The summed E-state index contributed by atoms with van der Waals surface area (Å²) in [7, 11) is 1.35. The van der Waals surface area contributed by atoms with Gasteiger partial charge in [-0.2, -0.15) is 0 Å². The van der Waals surface area contributed by atoms with E-state index in [0.29, 0.717) is 12.8 Å². The molecule has 1 aliphatic rings. The Bertz CT molecular complexity index is 189. The second-order valence-corrected chi connectivity index (χ2v) is 2.01. The molecule has 6 heteroatoms. The first-order valence-electron chi connectivity index (χ1n) is 3.19. The van der Waals surface area contributed by atoms with Crippen molar-refractivity contribution in [2.24, 2.45) is 20.7 Å². The Balaban J connectivity index is 2.17. The van der Waals surface area contributed by atoms with Crippen LogP contribution in [-0.4, -0.2) is 19.2 Å². The lowest BCUT2D eigenvalue weighted by Crippen LogP contribution is -2.05. The summed E-state index contributed by atoms with van der Waals surface area (Å²) >= 11 is 0. The van der Waals surface area contributed by atoms with Gasteiger partial charge in [0.1, 0.15) is 0 Å². The van der Waals surface area contributed by atoms with Crippen molar-refractivity contribution < 1.29 is 9.53 Å². The predicted molar refractivity (Wildman–Crippen MR) is 34.8 cm³/mol. The van der Waals surface area contributed by atoms with Crippen molar-refractivity contribution in [3.8, 4) is 0 Å². The van der Waals surface area contributed by atoms with Crippen LogP contribution in [0.25, 0.3) is 0 Å². The van der Waals surface area contributed by atoms with Gasteiger partial charge in [-0.3, -0.25) is 4.79 Å². The summed E-state index contributed by atoms with van der Waals surface area (Å²) in [5.74, 6) is -0.262. The zero-order valence-electron chi connectivity index (χ0n) is 6.10. The van der Waals surface area contributed by atoms with E-state index in [1.807, 2.05) is 0 Å². The Kier molecular flexibility index (Phi) is 2.65. The highest BCUT2D eigenvalue weighted by Gasteiger charge is 2.11. The number of hydrogen-bond donors (Lipinski definition) is 0. The van der Waals surface area contributed by atoms with E-state index in [4.69, 9.17) is 0 Å². The molecular weight excluding hydrogens is 148 g/mol. The fourth-order valence-corrected chi connectivity index (χ4v) is 0.653. The van der Waals surface area contributed by atoms with Gasteiger partial charge < -0.3 is 4.74 Å². The van der Waals surface area contributed by atoms with Crippen molar-refractivity contribution in [3.05, 3.63) is 0 Å². The molecule has 0 aromatic carbocycles. The average molecular weight is 156 g/mol. The van der Waals surface area contributed by atoms with Gasteiger partial charge in [0, 0.05) is 12.8 Å². The predicted octanol–water partition coefficient (Wildman–Crippen LogP) is 1.10. The van der Waals surface area contributed by atoms with Crippen LogP contribution >= 0.6 is 0 Å². The normalized spacial score (nSPS) is 15.7. The Morgan fingerprint density at radius 2 is 2.09 bits per heavy atom. The molecule has 0 fully saturated rings. The highest BCUT2D eigenvalue weighted by atomic mass is 16.5. The van der Waals surface area contributed by atoms with Crippen molar-refractivity contribution >= 4 is 5.97 Å². The summed E-state index contributed by atoms with van der Waals surface area (Å²) in [6.07, 6.45) is 0.535. The van der Waals surface area contributed by atoms with Gasteiger partial charge in [0.2, 0.25) is 0 Å². The van der Waals surface area contributed by atoms with Crippen LogP contribution in [0.1, 0.15) is 12.8 Å². The van der Waals surface area contributed by atoms with Crippen LogP contribution in [0.3, 0.4) is 0 Å². The van der Waals surface area contributed by atoms with Crippen LogP contribution in [0.4, 0.5) is 0 Å². The second kappa shape index (κ2) is 3.75. The third-order valence-electron chi connectivity index (χ3n) is 1.24. The summed E-state index contributed by atoms with van der Waals surface area (Å²) in [5, 5.41) is 13.9. The van der Waals surface area contributed by atoms with Crippen molar-refractivity contribution in [3.63, 3.8) is 0 Å². The third-order valence-corrected chi connectivity index (χ3v) is 1.24. The number of ether oxygens (including phenoxy) is 1. The van der Waals surface area contributed by atoms with Gasteiger partial charge in [0.05, 0.1) is 7.11 Å². The maximum absolute atomic E-state index is 10.6. The molecule has 0 aromatic rings. The second-order valence-electron chi connectivity index (χ2n) is 2.01. The number of esters is 1. The molecule has 6 nitrogen and oxygen atoms in total. The average Bonchev–Trinajstić information content (AvgIpc) is 2.52. The van der Waals surface area contributed by atoms with Crippen molar-refractivity contribution in [1.29, 1.82) is 0 Å². The van der Waals surface area contributed by atoms with Gasteiger partial charge in [0.15, 0.2) is 6.17 Å². The number of nitrogens with zero attached hydrogens (tertiary/aromatic N) is 4. The fourth-order valence-electron chi connectivity index (χ4n) is 0.653. The first-order valence-corrected chi connectivity index (χ1v) is 3.19. The lowest BCUT2D eigenvalue weighted by atomic mass is 10.3. The highest BCUT2D eigenvalue weighted by molar-refractivity contribution is 5.69. The van der Waals surface area contributed by atoms with Crippen LogP contribution in [0.2, 0.25) is 0 Å². The largest absolute Gasteiger partial charge is 0.469 e. The summed E-state index contributed by atoms with van der Waals surface area (Å²) in [6, 6.07) is 0. The lowest BCUT2D eigenvalue weighted by molar-refractivity contribution is -0.140. The Morgan fingerprint density at radius 3 is 2.64 bits per heavy atom. The van der Waals surface area contributed by atoms with Gasteiger partial charge >= 0.3 is 5.97 Å². The molecular formula is C5H8N4O2. The summed E-state index contributed by atoms with van der Waals surface area (Å²) < 4.78 is 4.43. The topological polar surface area (TPSA) is 75.7 Å². The molecule has 0 aliphatic carbocycles. The smallest absolute Gasteiger partial charge is 0.305 e.